The van der Waals surface area contributed by atoms with Crippen molar-refractivity contribution in [3.05, 3.63) is 71.3 Å². The van der Waals surface area contributed by atoms with E-state index in [0.717, 1.165) is 31.5 Å². The van der Waals surface area contributed by atoms with Gasteiger partial charge in [0, 0.05) is 13.1 Å². The number of fused-ring (bicyclic) bond motifs is 1. The Morgan fingerprint density at radius 2 is 1.71 bits per heavy atom. The van der Waals surface area contributed by atoms with Gasteiger partial charge in [-0.25, -0.2) is 0 Å². The lowest BCUT2D eigenvalue weighted by atomic mass is 9.93. The van der Waals surface area contributed by atoms with E-state index < -0.39 is 0 Å². The first-order valence-corrected chi connectivity index (χ1v) is 7.70. The molecule has 2 heteroatoms. The molecule has 0 saturated carbocycles. The van der Waals surface area contributed by atoms with Gasteiger partial charge in [-0.05, 0) is 29.5 Å². The van der Waals surface area contributed by atoms with Crippen LogP contribution in [-0.4, -0.2) is 17.4 Å². The molecule has 2 aromatic rings. The molecule has 1 aliphatic rings. The Hall–Kier alpha value is -2.09. The Bertz CT molecular complexity index is 620. The Kier molecular flexibility index (Phi) is 4.05. The molecule has 2 nitrogen and oxygen atoms in total. The van der Waals surface area contributed by atoms with Gasteiger partial charge in [0.15, 0.2) is 0 Å². The standard InChI is InChI=1S/C19H21NO/c1-2-18(16-9-4-3-5-10-16)19(21)20-13-12-15-8-6-7-11-17(15)14-20/h3-11,18H,2,12-14H2,1H3. The maximum absolute atomic E-state index is 12.9. The van der Waals surface area contributed by atoms with Crippen molar-refractivity contribution in [2.24, 2.45) is 0 Å². The summed E-state index contributed by atoms with van der Waals surface area (Å²) in [5.41, 5.74) is 3.80. The highest BCUT2D eigenvalue weighted by atomic mass is 16.2. The minimum atomic E-state index is -0.0172. The predicted molar refractivity (Wildman–Crippen MR) is 85.0 cm³/mol. The predicted octanol–water partition coefficient (Wildman–Crippen LogP) is 3.77. The largest absolute Gasteiger partial charge is 0.338 e. The molecule has 1 heterocycles. The summed E-state index contributed by atoms with van der Waals surface area (Å²) in [7, 11) is 0. The zero-order valence-corrected chi connectivity index (χ0v) is 12.5. The van der Waals surface area contributed by atoms with Gasteiger partial charge in [0.1, 0.15) is 0 Å². The van der Waals surface area contributed by atoms with Crippen LogP contribution in [0.25, 0.3) is 0 Å². The Balaban J connectivity index is 1.79. The average Bonchev–Trinajstić information content (AvgIpc) is 2.56. The third kappa shape index (κ3) is 2.85. The fourth-order valence-electron chi connectivity index (χ4n) is 3.14. The molecule has 1 atom stereocenters. The second-order valence-electron chi connectivity index (χ2n) is 5.65. The minimum absolute atomic E-state index is 0.0172. The lowest BCUT2D eigenvalue weighted by molar-refractivity contribution is -0.133. The highest BCUT2D eigenvalue weighted by Crippen LogP contribution is 2.26. The third-order valence-corrected chi connectivity index (χ3v) is 4.35. The van der Waals surface area contributed by atoms with Crippen LogP contribution in [0.2, 0.25) is 0 Å². The van der Waals surface area contributed by atoms with Crippen LogP contribution in [0.3, 0.4) is 0 Å². The lowest BCUT2D eigenvalue weighted by Gasteiger charge is -2.31. The van der Waals surface area contributed by atoms with Crippen molar-refractivity contribution in [1.82, 2.24) is 4.90 Å². The molecular weight excluding hydrogens is 258 g/mol. The maximum atomic E-state index is 12.9. The van der Waals surface area contributed by atoms with Crippen molar-refractivity contribution in [3.8, 4) is 0 Å². The van der Waals surface area contributed by atoms with Gasteiger partial charge >= 0.3 is 0 Å². The Morgan fingerprint density at radius 1 is 1.05 bits per heavy atom. The summed E-state index contributed by atoms with van der Waals surface area (Å²) in [5.74, 6) is 0.245. The molecule has 1 unspecified atom stereocenters. The van der Waals surface area contributed by atoms with Gasteiger partial charge in [-0.15, -0.1) is 0 Å². The van der Waals surface area contributed by atoms with Crippen molar-refractivity contribution >= 4 is 5.91 Å². The van der Waals surface area contributed by atoms with Crippen LogP contribution in [0, 0.1) is 0 Å². The monoisotopic (exact) mass is 279 g/mol. The first-order chi connectivity index (χ1) is 10.3. The number of nitrogens with zero attached hydrogens (tertiary/aromatic N) is 1. The van der Waals surface area contributed by atoms with Crippen molar-refractivity contribution in [3.63, 3.8) is 0 Å². The number of hydrogen-bond donors (Lipinski definition) is 0. The van der Waals surface area contributed by atoms with Crippen molar-refractivity contribution < 1.29 is 4.79 Å². The minimum Gasteiger partial charge on any atom is -0.338 e. The molecule has 21 heavy (non-hydrogen) atoms. The number of carbonyl (C=O) groups excluding carboxylic acids is 1. The summed E-state index contributed by atoms with van der Waals surface area (Å²) in [6, 6.07) is 18.6. The SMILES string of the molecule is CCC(C(=O)N1CCc2ccccc2C1)c1ccccc1. The molecule has 0 bridgehead atoms. The fraction of sp³-hybridized carbons (Fsp3) is 0.316. The molecule has 0 radical (unpaired) electrons. The van der Waals surface area contributed by atoms with Gasteiger partial charge in [-0.2, -0.15) is 0 Å². The first-order valence-electron chi connectivity index (χ1n) is 7.70. The number of carbonyl (C=O) groups is 1. The van der Waals surface area contributed by atoms with Crippen LogP contribution in [0.5, 0.6) is 0 Å². The Labute approximate surface area is 126 Å². The van der Waals surface area contributed by atoms with E-state index >= 15 is 0 Å². The van der Waals surface area contributed by atoms with E-state index in [9.17, 15) is 4.79 Å². The molecule has 2 aromatic carbocycles. The van der Waals surface area contributed by atoms with Gasteiger partial charge < -0.3 is 4.90 Å². The molecule has 3 rings (SSSR count). The molecule has 0 spiro atoms. The quantitative estimate of drug-likeness (QED) is 0.837. The van der Waals surface area contributed by atoms with E-state index in [1.54, 1.807) is 0 Å². The summed E-state index contributed by atoms with van der Waals surface area (Å²) >= 11 is 0. The van der Waals surface area contributed by atoms with Crippen LogP contribution < -0.4 is 0 Å². The van der Waals surface area contributed by atoms with E-state index in [2.05, 4.69) is 43.3 Å². The van der Waals surface area contributed by atoms with Gasteiger partial charge in [-0.3, -0.25) is 4.79 Å². The molecule has 0 aliphatic carbocycles. The normalized spacial score (nSPS) is 15.4. The van der Waals surface area contributed by atoms with E-state index in [0.29, 0.717) is 0 Å². The molecule has 0 fully saturated rings. The van der Waals surface area contributed by atoms with Crippen molar-refractivity contribution in [1.29, 1.82) is 0 Å². The maximum Gasteiger partial charge on any atom is 0.230 e. The fourth-order valence-corrected chi connectivity index (χ4v) is 3.14. The first kappa shape index (κ1) is 13.9. The Morgan fingerprint density at radius 3 is 2.43 bits per heavy atom. The van der Waals surface area contributed by atoms with E-state index in [1.165, 1.54) is 11.1 Å². The summed E-state index contributed by atoms with van der Waals surface area (Å²) in [6.45, 7) is 3.67. The number of hydrogen-bond acceptors (Lipinski definition) is 1. The van der Waals surface area contributed by atoms with E-state index in [1.807, 2.05) is 23.1 Å². The van der Waals surface area contributed by atoms with Crippen molar-refractivity contribution in [2.45, 2.75) is 32.2 Å². The highest BCUT2D eigenvalue weighted by Gasteiger charge is 2.26. The van der Waals surface area contributed by atoms with Crippen LogP contribution in [0.4, 0.5) is 0 Å². The van der Waals surface area contributed by atoms with Crippen LogP contribution in [-0.2, 0) is 17.8 Å². The van der Waals surface area contributed by atoms with Gasteiger partial charge in [0.2, 0.25) is 5.91 Å². The van der Waals surface area contributed by atoms with Crippen LogP contribution >= 0.6 is 0 Å². The second kappa shape index (κ2) is 6.13. The third-order valence-electron chi connectivity index (χ3n) is 4.35. The lowest BCUT2D eigenvalue weighted by Crippen LogP contribution is -2.38. The summed E-state index contributed by atoms with van der Waals surface area (Å²) < 4.78 is 0. The number of rotatable bonds is 3. The molecule has 0 aromatic heterocycles. The molecule has 0 N–H and O–H groups in total. The summed E-state index contributed by atoms with van der Waals surface area (Å²) in [4.78, 5) is 14.9. The summed E-state index contributed by atoms with van der Waals surface area (Å²) in [5, 5.41) is 0. The van der Waals surface area contributed by atoms with Crippen molar-refractivity contribution in [2.75, 3.05) is 6.54 Å². The van der Waals surface area contributed by atoms with E-state index in [-0.39, 0.29) is 11.8 Å². The average molecular weight is 279 g/mol. The zero-order valence-electron chi connectivity index (χ0n) is 12.5. The molecule has 1 aliphatic heterocycles. The number of benzene rings is 2. The van der Waals surface area contributed by atoms with Gasteiger partial charge in [0.25, 0.3) is 0 Å². The zero-order chi connectivity index (χ0) is 14.7. The van der Waals surface area contributed by atoms with Gasteiger partial charge in [0.05, 0.1) is 5.92 Å². The summed E-state index contributed by atoms with van der Waals surface area (Å²) in [6.07, 6.45) is 1.81. The van der Waals surface area contributed by atoms with Crippen LogP contribution in [0.15, 0.2) is 54.6 Å². The molecule has 0 saturated heterocycles. The molecule has 1 amide bonds. The smallest absolute Gasteiger partial charge is 0.230 e. The van der Waals surface area contributed by atoms with Gasteiger partial charge in [-0.1, -0.05) is 61.5 Å². The van der Waals surface area contributed by atoms with Crippen LogP contribution in [0.1, 0.15) is 36.0 Å². The van der Waals surface area contributed by atoms with E-state index in [4.69, 9.17) is 0 Å². The highest BCUT2D eigenvalue weighted by molar-refractivity contribution is 5.84. The molecule has 108 valence electrons. The molecular formula is C19H21NO. The second-order valence-corrected chi connectivity index (χ2v) is 5.65. The topological polar surface area (TPSA) is 20.3 Å². The number of amides is 1.